The lowest BCUT2D eigenvalue weighted by molar-refractivity contribution is -0.131. The van der Waals surface area contributed by atoms with Crippen LogP contribution in [0.1, 0.15) is 44.8 Å². The molecule has 2 aliphatic rings. The predicted molar refractivity (Wildman–Crippen MR) is 88.2 cm³/mol. The van der Waals surface area contributed by atoms with E-state index in [1.165, 1.54) is 18.4 Å². The monoisotopic (exact) mass is 304 g/mol. The Balaban J connectivity index is 1.88. The van der Waals surface area contributed by atoms with E-state index in [9.17, 15) is 4.79 Å². The molecule has 1 saturated carbocycles. The number of benzene rings is 1. The number of nitrogens with zero attached hydrogens (tertiary/aromatic N) is 1. The highest BCUT2D eigenvalue weighted by Gasteiger charge is 2.45. The number of hydrogen-bond acceptors (Lipinski definition) is 3. The smallest absolute Gasteiger partial charge is 0.241 e. The van der Waals surface area contributed by atoms with Crippen molar-refractivity contribution in [3.63, 3.8) is 0 Å². The van der Waals surface area contributed by atoms with E-state index in [2.05, 4.69) is 41.4 Å². The fraction of sp³-hybridized carbons (Fsp3) is 0.588. The van der Waals surface area contributed by atoms with Gasteiger partial charge >= 0.3 is 0 Å². The summed E-state index contributed by atoms with van der Waals surface area (Å²) in [5.41, 5.74) is 1.20. The van der Waals surface area contributed by atoms with Crippen molar-refractivity contribution in [3.8, 4) is 0 Å². The summed E-state index contributed by atoms with van der Waals surface area (Å²) >= 11 is 2.01. The molecule has 1 aliphatic carbocycles. The fourth-order valence-electron chi connectivity index (χ4n) is 3.62. The minimum atomic E-state index is -0.0805. The summed E-state index contributed by atoms with van der Waals surface area (Å²) in [7, 11) is 0. The van der Waals surface area contributed by atoms with Crippen molar-refractivity contribution >= 4 is 17.7 Å². The molecule has 1 aromatic carbocycles. The third-order valence-electron chi connectivity index (χ3n) is 4.58. The maximum Gasteiger partial charge on any atom is 0.241 e. The van der Waals surface area contributed by atoms with Gasteiger partial charge in [-0.15, -0.1) is 0 Å². The summed E-state index contributed by atoms with van der Waals surface area (Å²) in [5.74, 6) is 1.39. The lowest BCUT2D eigenvalue weighted by Crippen LogP contribution is -2.43. The average Bonchev–Trinajstić information content (AvgIpc) is 3.06. The minimum Gasteiger partial charge on any atom is -0.317 e. The number of rotatable bonds is 4. The van der Waals surface area contributed by atoms with Crippen LogP contribution in [0.5, 0.6) is 0 Å². The number of carbonyl (C=O) groups excluding carboxylic acids is 1. The van der Waals surface area contributed by atoms with Crippen molar-refractivity contribution in [1.82, 2.24) is 10.2 Å². The first-order valence-corrected chi connectivity index (χ1v) is 9.02. The van der Waals surface area contributed by atoms with Crippen LogP contribution in [0.15, 0.2) is 30.3 Å². The van der Waals surface area contributed by atoms with Gasteiger partial charge in [-0.1, -0.05) is 43.7 Å². The van der Waals surface area contributed by atoms with Gasteiger partial charge in [-0.05, 0) is 31.1 Å². The van der Waals surface area contributed by atoms with Gasteiger partial charge in [-0.2, -0.15) is 11.8 Å². The van der Waals surface area contributed by atoms with E-state index in [1.807, 2.05) is 24.8 Å². The van der Waals surface area contributed by atoms with Gasteiger partial charge in [-0.25, -0.2) is 0 Å². The van der Waals surface area contributed by atoms with E-state index in [0.29, 0.717) is 11.3 Å². The summed E-state index contributed by atoms with van der Waals surface area (Å²) in [6.45, 7) is 4.19. The van der Waals surface area contributed by atoms with E-state index in [1.54, 1.807) is 0 Å². The Bertz CT molecular complexity index is 493. The third kappa shape index (κ3) is 2.84. The summed E-state index contributed by atoms with van der Waals surface area (Å²) in [6.07, 6.45) is 3.66. The zero-order chi connectivity index (χ0) is 14.8. The van der Waals surface area contributed by atoms with Crippen LogP contribution < -0.4 is 5.32 Å². The quantitative estimate of drug-likeness (QED) is 0.927. The van der Waals surface area contributed by atoms with Gasteiger partial charge in [0.05, 0.1) is 6.04 Å². The van der Waals surface area contributed by atoms with Gasteiger partial charge in [-0.3, -0.25) is 10.1 Å². The Kier molecular flexibility index (Phi) is 4.55. The molecule has 4 atom stereocenters. The van der Waals surface area contributed by atoms with Crippen molar-refractivity contribution in [2.75, 3.05) is 5.75 Å². The molecule has 4 heteroatoms. The highest BCUT2D eigenvalue weighted by Crippen LogP contribution is 2.39. The number of carbonyl (C=O) groups is 1. The maximum absolute atomic E-state index is 12.7. The Labute approximate surface area is 131 Å². The molecule has 4 unspecified atom stereocenters. The largest absolute Gasteiger partial charge is 0.317 e. The second-order valence-electron chi connectivity index (χ2n) is 5.94. The molecule has 1 aliphatic heterocycles. The lowest BCUT2D eigenvalue weighted by atomic mass is 10.1. The van der Waals surface area contributed by atoms with Gasteiger partial charge in [0.2, 0.25) is 5.91 Å². The van der Waals surface area contributed by atoms with E-state index < -0.39 is 0 Å². The second kappa shape index (κ2) is 6.41. The van der Waals surface area contributed by atoms with Crippen LogP contribution in [0.4, 0.5) is 0 Å². The number of nitrogens with one attached hydrogen (secondary N) is 1. The Morgan fingerprint density at radius 2 is 2.05 bits per heavy atom. The van der Waals surface area contributed by atoms with Crippen molar-refractivity contribution in [2.24, 2.45) is 0 Å². The summed E-state index contributed by atoms with van der Waals surface area (Å²) in [4.78, 5) is 14.8. The maximum atomic E-state index is 12.7. The van der Waals surface area contributed by atoms with Gasteiger partial charge in [0, 0.05) is 11.3 Å². The highest BCUT2D eigenvalue weighted by atomic mass is 32.2. The van der Waals surface area contributed by atoms with Crippen molar-refractivity contribution in [3.05, 3.63) is 35.9 Å². The second-order valence-corrected chi connectivity index (χ2v) is 7.46. The van der Waals surface area contributed by atoms with Crippen molar-refractivity contribution in [2.45, 2.75) is 56.6 Å². The van der Waals surface area contributed by atoms with Crippen molar-refractivity contribution in [1.29, 1.82) is 0 Å². The summed E-state index contributed by atoms with van der Waals surface area (Å²) in [6, 6.07) is 10.7. The van der Waals surface area contributed by atoms with Gasteiger partial charge in [0.1, 0.15) is 6.17 Å². The highest BCUT2D eigenvalue weighted by molar-refractivity contribution is 7.99. The molecule has 2 fully saturated rings. The van der Waals surface area contributed by atoms with Crippen LogP contribution in [0.3, 0.4) is 0 Å². The van der Waals surface area contributed by atoms with E-state index in [4.69, 9.17) is 0 Å². The van der Waals surface area contributed by atoms with Gasteiger partial charge in [0.15, 0.2) is 0 Å². The molecule has 1 N–H and O–H groups in total. The molecule has 1 amide bonds. The first-order chi connectivity index (χ1) is 10.2. The molecule has 21 heavy (non-hydrogen) atoms. The van der Waals surface area contributed by atoms with E-state index in [-0.39, 0.29) is 18.1 Å². The van der Waals surface area contributed by atoms with E-state index >= 15 is 0 Å². The van der Waals surface area contributed by atoms with Crippen LogP contribution in [0.2, 0.25) is 0 Å². The molecule has 1 heterocycles. The number of thioether (sulfide) groups is 1. The molecular formula is C17H24N2OS. The fourth-order valence-corrected chi connectivity index (χ4v) is 4.87. The molecule has 114 valence electrons. The predicted octanol–water partition coefficient (Wildman–Crippen LogP) is 3.18. The van der Waals surface area contributed by atoms with Crippen LogP contribution in [-0.4, -0.2) is 33.9 Å². The Morgan fingerprint density at radius 3 is 2.76 bits per heavy atom. The lowest BCUT2D eigenvalue weighted by Gasteiger charge is -2.34. The van der Waals surface area contributed by atoms with Crippen LogP contribution in [0.25, 0.3) is 0 Å². The van der Waals surface area contributed by atoms with Crippen molar-refractivity contribution < 1.29 is 4.79 Å². The van der Waals surface area contributed by atoms with Gasteiger partial charge in [0.25, 0.3) is 0 Å². The topological polar surface area (TPSA) is 32.3 Å². The zero-order valence-corrected chi connectivity index (χ0v) is 13.6. The molecule has 0 bridgehead atoms. The SMILES string of the molecule is CCSC1CCCC1N1C(=O)C(C)NC1c1ccccc1. The molecule has 0 aromatic heterocycles. The first kappa shape index (κ1) is 14.9. The zero-order valence-electron chi connectivity index (χ0n) is 12.8. The number of amides is 1. The minimum absolute atomic E-state index is 0.0387. The first-order valence-electron chi connectivity index (χ1n) is 7.97. The Hall–Kier alpha value is -1.00. The van der Waals surface area contributed by atoms with Crippen LogP contribution in [-0.2, 0) is 4.79 Å². The molecule has 3 rings (SSSR count). The summed E-state index contributed by atoms with van der Waals surface area (Å²) < 4.78 is 0. The molecular weight excluding hydrogens is 280 g/mol. The van der Waals surface area contributed by atoms with E-state index in [0.717, 1.165) is 12.2 Å². The van der Waals surface area contributed by atoms with Gasteiger partial charge < -0.3 is 4.90 Å². The average molecular weight is 304 g/mol. The normalized spacial score (nSPS) is 32.9. The third-order valence-corrected chi connectivity index (χ3v) is 5.89. The summed E-state index contributed by atoms with van der Waals surface area (Å²) in [5, 5.41) is 4.07. The molecule has 3 nitrogen and oxygen atoms in total. The molecule has 1 saturated heterocycles. The molecule has 1 aromatic rings. The number of hydrogen-bond donors (Lipinski definition) is 1. The molecule has 0 spiro atoms. The van der Waals surface area contributed by atoms with Crippen LogP contribution >= 0.6 is 11.8 Å². The standard InChI is InChI=1S/C17H24N2OS/c1-3-21-15-11-7-10-14(15)19-16(18-12(2)17(19)20)13-8-5-4-6-9-13/h4-6,8-9,12,14-16,18H,3,7,10-11H2,1-2H3. The molecule has 0 radical (unpaired) electrons. The Morgan fingerprint density at radius 1 is 1.29 bits per heavy atom. The van der Waals surface area contributed by atoms with Crippen LogP contribution in [0, 0.1) is 0 Å².